The van der Waals surface area contributed by atoms with Crippen LogP contribution in [0.5, 0.6) is 5.75 Å². The molecule has 0 fully saturated rings. The van der Waals surface area contributed by atoms with E-state index in [1.165, 1.54) is 12.4 Å². The molecule has 1 aromatic carbocycles. The van der Waals surface area contributed by atoms with Crippen molar-refractivity contribution in [3.8, 4) is 34.1 Å². The van der Waals surface area contributed by atoms with Crippen molar-refractivity contribution in [2.75, 3.05) is 13.7 Å². The Labute approximate surface area is 233 Å². The molecule has 0 radical (unpaired) electrons. The molecule has 0 bridgehead atoms. The summed E-state index contributed by atoms with van der Waals surface area (Å²) in [5.41, 5.74) is 9.87. The van der Waals surface area contributed by atoms with E-state index in [2.05, 4.69) is 30.5 Å². The summed E-state index contributed by atoms with van der Waals surface area (Å²) >= 11 is 0. The van der Waals surface area contributed by atoms with E-state index in [1.807, 2.05) is 25.1 Å². The SMILES string of the molecule is COCCc1nc(-c2cnc([C@@H]3CCc4nc(-c5cc(C)ccc5-n5cnnn5)cc(=O)n43)[nH]2)ccc1OC(N)=O. The molecule has 1 aliphatic rings. The van der Waals surface area contributed by atoms with E-state index < -0.39 is 6.09 Å². The van der Waals surface area contributed by atoms with E-state index in [4.69, 9.17) is 20.2 Å². The minimum absolute atomic E-state index is 0.178. The lowest BCUT2D eigenvalue weighted by Gasteiger charge is -2.14. The van der Waals surface area contributed by atoms with Crippen molar-refractivity contribution in [1.82, 2.24) is 44.7 Å². The van der Waals surface area contributed by atoms with Crippen molar-refractivity contribution in [2.45, 2.75) is 32.2 Å². The van der Waals surface area contributed by atoms with Gasteiger partial charge < -0.3 is 20.2 Å². The first-order chi connectivity index (χ1) is 19.9. The third kappa shape index (κ3) is 5.07. The number of benzene rings is 1. The van der Waals surface area contributed by atoms with Crippen LogP contribution in [0.4, 0.5) is 4.79 Å². The number of carbonyl (C=O) groups is 1. The number of H-pyrrole nitrogens is 1. The summed E-state index contributed by atoms with van der Waals surface area (Å²) in [7, 11) is 1.58. The minimum atomic E-state index is -0.918. The summed E-state index contributed by atoms with van der Waals surface area (Å²) < 4.78 is 13.5. The molecule has 14 heteroatoms. The number of ether oxygens (including phenoxy) is 2. The Morgan fingerprint density at radius 2 is 2.05 bits per heavy atom. The zero-order chi connectivity index (χ0) is 28.5. The number of methoxy groups -OCH3 is 1. The van der Waals surface area contributed by atoms with Gasteiger partial charge in [0.1, 0.15) is 18.0 Å². The number of aromatic amines is 1. The molecular formula is C27H26N10O4. The number of aryl methyl sites for hydroxylation is 2. The summed E-state index contributed by atoms with van der Waals surface area (Å²) in [4.78, 5) is 42.2. The predicted octanol–water partition coefficient (Wildman–Crippen LogP) is 2.16. The number of nitrogens with zero attached hydrogens (tertiary/aromatic N) is 8. The first-order valence-corrected chi connectivity index (χ1v) is 12.9. The second-order valence-corrected chi connectivity index (χ2v) is 9.58. The lowest BCUT2D eigenvalue weighted by atomic mass is 10.1. The van der Waals surface area contributed by atoms with Crippen molar-refractivity contribution >= 4 is 6.09 Å². The number of hydrogen-bond acceptors (Lipinski definition) is 10. The molecular weight excluding hydrogens is 528 g/mol. The van der Waals surface area contributed by atoms with E-state index in [1.54, 1.807) is 34.7 Å². The van der Waals surface area contributed by atoms with Crippen LogP contribution in [0.2, 0.25) is 0 Å². The fourth-order valence-electron chi connectivity index (χ4n) is 5.02. The molecule has 5 aromatic rings. The van der Waals surface area contributed by atoms with Gasteiger partial charge in [0.2, 0.25) is 0 Å². The van der Waals surface area contributed by atoms with Crippen LogP contribution in [0.3, 0.4) is 0 Å². The predicted molar refractivity (Wildman–Crippen MR) is 145 cm³/mol. The molecule has 0 saturated heterocycles. The average Bonchev–Trinajstić information content (AvgIpc) is 3.73. The fourth-order valence-corrected chi connectivity index (χ4v) is 5.02. The van der Waals surface area contributed by atoms with Gasteiger partial charge in [-0.3, -0.25) is 9.36 Å². The van der Waals surface area contributed by atoms with E-state index in [0.717, 1.165) is 16.8 Å². The highest BCUT2D eigenvalue weighted by atomic mass is 16.5. The third-order valence-electron chi connectivity index (χ3n) is 6.88. The first-order valence-electron chi connectivity index (χ1n) is 12.9. The summed E-state index contributed by atoms with van der Waals surface area (Å²) in [5, 5.41) is 11.5. The maximum atomic E-state index is 13.5. The minimum Gasteiger partial charge on any atom is -0.409 e. The lowest BCUT2D eigenvalue weighted by Crippen LogP contribution is -2.25. The third-order valence-corrected chi connectivity index (χ3v) is 6.88. The number of nitrogens with two attached hydrogens (primary N) is 1. The molecule has 4 aromatic heterocycles. The molecule has 3 N–H and O–H groups in total. The molecule has 0 spiro atoms. The van der Waals surface area contributed by atoms with Crippen LogP contribution in [0.25, 0.3) is 28.3 Å². The highest BCUT2D eigenvalue weighted by Crippen LogP contribution is 2.32. The Morgan fingerprint density at radius 1 is 1.17 bits per heavy atom. The van der Waals surface area contributed by atoms with Crippen LogP contribution in [-0.4, -0.2) is 64.5 Å². The zero-order valence-corrected chi connectivity index (χ0v) is 22.3. The van der Waals surface area contributed by atoms with Crippen molar-refractivity contribution in [3.63, 3.8) is 0 Å². The first kappa shape index (κ1) is 26.0. The number of primary amides is 1. The van der Waals surface area contributed by atoms with Crippen molar-refractivity contribution in [3.05, 3.63) is 82.2 Å². The highest BCUT2D eigenvalue weighted by molar-refractivity contribution is 5.71. The van der Waals surface area contributed by atoms with Gasteiger partial charge in [-0.1, -0.05) is 11.6 Å². The molecule has 0 unspecified atom stereocenters. The normalized spacial score (nSPS) is 14.2. The number of pyridine rings is 1. The number of carbonyl (C=O) groups excluding carboxylic acids is 1. The van der Waals surface area contributed by atoms with Crippen molar-refractivity contribution in [2.24, 2.45) is 5.73 Å². The number of rotatable bonds is 8. The van der Waals surface area contributed by atoms with Crippen LogP contribution in [-0.2, 0) is 17.6 Å². The Bertz CT molecular complexity index is 1790. The van der Waals surface area contributed by atoms with Gasteiger partial charge in [0.15, 0.2) is 5.75 Å². The van der Waals surface area contributed by atoms with E-state index in [9.17, 15) is 9.59 Å². The number of imidazole rings is 1. The maximum absolute atomic E-state index is 13.5. The molecule has 0 saturated carbocycles. The number of tetrazole rings is 1. The number of fused-ring (bicyclic) bond motifs is 1. The molecule has 1 aliphatic heterocycles. The number of hydrogen-bond donors (Lipinski definition) is 2. The van der Waals surface area contributed by atoms with Gasteiger partial charge in [-0.15, -0.1) is 5.10 Å². The fraction of sp³-hybridized carbons (Fsp3) is 0.259. The topological polar surface area (TPSA) is 182 Å². The smallest absolute Gasteiger partial charge is 0.409 e. The van der Waals surface area contributed by atoms with Crippen molar-refractivity contribution < 1.29 is 14.3 Å². The molecule has 1 atom stereocenters. The van der Waals surface area contributed by atoms with E-state index >= 15 is 0 Å². The maximum Gasteiger partial charge on any atom is 0.410 e. The summed E-state index contributed by atoms with van der Waals surface area (Å²) in [6, 6.07) is 10.4. The Morgan fingerprint density at radius 3 is 2.83 bits per heavy atom. The zero-order valence-electron chi connectivity index (χ0n) is 22.3. The number of aromatic nitrogens is 9. The van der Waals surface area contributed by atoms with Crippen LogP contribution in [0.15, 0.2) is 53.7 Å². The lowest BCUT2D eigenvalue weighted by molar-refractivity contribution is 0.197. The van der Waals surface area contributed by atoms with Crippen LogP contribution in [0, 0.1) is 6.92 Å². The molecule has 0 aliphatic carbocycles. The summed E-state index contributed by atoms with van der Waals surface area (Å²) in [5.74, 6) is 1.57. The molecule has 1 amide bonds. The van der Waals surface area contributed by atoms with Gasteiger partial charge in [0.25, 0.3) is 5.56 Å². The van der Waals surface area contributed by atoms with Crippen molar-refractivity contribution in [1.29, 1.82) is 0 Å². The van der Waals surface area contributed by atoms with Gasteiger partial charge in [0.05, 0.1) is 47.3 Å². The van der Waals surface area contributed by atoms with Gasteiger partial charge in [0, 0.05) is 31.6 Å². The van der Waals surface area contributed by atoms with Crippen LogP contribution in [0.1, 0.15) is 35.4 Å². The average molecular weight is 555 g/mol. The van der Waals surface area contributed by atoms with Crippen LogP contribution < -0.4 is 16.0 Å². The Kier molecular flexibility index (Phi) is 6.81. The molecule has 14 nitrogen and oxygen atoms in total. The quantitative estimate of drug-likeness (QED) is 0.288. The monoisotopic (exact) mass is 554 g/mol. The molecule has 6 rings (SSSR count). The summed E-state index contributed by atoms with van der Waals surface area (Å²) in [6.07, 6.45) is 3.94. The van der Waals surface area contributed by atoms with Gasteiger partial charge >= 0.3 is 6.09 Å². The second kappa shape index (κ2) is 10.7. The second-order valence-electron chi connectivity index (χ2n) is 9.58. The van der Waals surface area contributed by atoms with Gasteiger partial charge in [-0.25, -0.2) is 19.7 Å². The standard InChI is InChI=1S/C27H26N10O4/c1-15-3-5-21(36-14-30-34-35-36)16(11-15)19-12-25(38)37-22(6-8-24(37)32-19)26-29-13-20(33-26)17-4-7-23(41-27(28)39)18(31-17)9-10-40-2/h3-5,7,11-14,22H,6,8-10H2,1-2H3,(H2,28,39)(H,29,33)/t22-/m0/s1. The highest BCUT2D eigenvalue weighted by Gasteiger charge is 2.29. The van der Waals surface area contributed by atoms with Crippen LogP contribution >= 0.6 is 0 Å². The van der Waals surface area contributed by atoms with E-state index in [0.29, 0.717) is 60.3 Å². The Balaban J connectivity index is 1.32. The molecule has 5 heterocycles. The number of nitrogens with one attached hydrogen (secondary N) is 1. The van der Waals surface area contributed by atoms with Gasteiger partial charge in [-0.05, 0) is 48.0 Å². The Hall–Kier alpha value is -5.24. The largest absolute Gasteiger partial charge is 0.410 e. The van der Waals surface area contributed by atoms with Gasteiger partial charge in [-0.2, -0.15) is 4.68 Å². The number of amides is 1. The molecule has 41 heavy (non-hydrogen) atoms. The molecule has 208 valence electrons. The van der Waals surface area contributed by atoms with E-state index in [-0.39, 0.29) is 17.4 Å². The summed E-state index contributed by atoms with van der Waals surface area (Å²) in [6.45, 7) is 2.36.